The van der Waals surface area contributed by atoms with Gasteiger partial charge in [-0.3, -0.25) is 0 Å². The van der Waals surface area contributed by atoms with Crippen LogP contribution in [0.4, 0.5) is 5.82 Å². The van der Waals surface area contributed by atoms with Crippen molar-refractivity contribution in [3.63, 3.8) is 0 Å². The van der Waals surface area contributed by atoms with Crippen LogP contribution in [0, 0.1) is 5.92 Å². The van der Waals surface area contributed by atoms with E-state index in [2.05, 4.69) is 23.8 Å². The highest BCUT2D eigenvalue weighted by atomic mass is 16.4. The van der Waals surface area contributed by atoms with E-state index in [0.717, 1.165) is 10.9 Å². The highest BCUT2D eigenvalue weighted by molar-refractivity contribution is 5.91. The number of carboxylic acids is 1. The molecule has 0 saturated heterocycles. The number of anilines is 1. The van der Waals surface area contributed by atoms with Crippen LogP contribution >= 0.6 is 0 Å². The molecule has 130 valence electrons. The largest absolute Gasteiger partial charge is 0.550 e. The van der Waals surface area contributed by atoms with Gasteiger partial charge in [0.15, 0.2) is 11.6 Å². The SMILES string of the molecule is CC(C)CN(CCC(=O)[O-])c1nc(-c2ccco2)nc2ccccc12. The number of carboxylic acid groups (broad SMARTS) is 1. The minimum absolute atomic E-state index is 0.0544. The molecule has 0 spiro atoms. The molecule has 0 aliphatic carbocycles. The van der Waals surface area contributed by atoms with Gasteiger partial charge in [0.05, 0.1) is 11.8 Å². The van der Waals surface area contributed by atoms with Crippen molar-refractivity contribution in [3.05, 3.63) is 42.7 Å². The van der Waals surface area contributed by atoms with E-state index in [9.17, 15) is 9.90 Å². The number of hydrogen-bond acceptors (Lipinski definition) is 6. The second-order valence-electron chi connectivity index (χ2n) is 6.33. The van der Waals surface area contributed by atoms with E-state index in [4.69, 9.17) is 4.42 Å². The van der Waals surface area contributed by atoms with E-state index in [1.165, 1.54) is 0 Å². The first-order valence-corrected chi connectivity index (χ1v) is 8.30. The zero-order valence-electron chi connectivity index (χ0n) is 14.3. The fraction of sp³-hybridized carbons (Fsp3) is 0.316. The Hall–Kier alpha value is -2.89. The summed E-state index contributed by atoms with van der Waals surface area (Å²) >= 11 is 0. The van der Waals surface area contributed by atoms with Crippen molar-refractivity contribution in [2.45, 2.75) is 20.3 Å². The molecule has 1 aromatic carbocycles. The van der Waals surface area contributed by atoms with Crippen LogP contribution in [-0.2, 0) is 4.79 Å². The molecule has 2 heterocycles. The maximum Gasteiger partial charge on any atom is 0.198 e. The molecule has 3 aromatic rings. The van der Waals surface area contributed by atoms with Crippen LogP contribution in [-0.4, -0.2) is 29.0 Å². The number of carbonyl (C=O) groups excluding carboxylic acids is 1. The van der Waals surface area contributed by atoms with E-state index < -0.39 is 5.97 Å². The molecule has 0 radical (unpaired) electrons. The molecule has 2 aromatic heterocycles. The summed E-state index contributed by atoms with van der Waals surface area (Å²) in [6, 6.07) is 11.3. The lowest BCUT2D eigenvalue weighted by atomic mass is 10.1. The quantitative estimate of drug-likeness (QED) is 0.658. The summed E-state index contributed by atoms with van der Waals surface area (Å²) in [5.41, 5.74) is 0.793. The highest BCUT2D eigenvalue weighted by Crippen LogP contribution is 2.28. The number of carbonyl (C=O) groups is 1. The Morgan fingerprint density at radius 3 is 2.68 bits per heavy atom. The van der Waals surface area contributed by atoms with E-state index in [1.54, 1.807) is 12.3 Å². The number of hydrogen-bond donors (Lipinski definition) is 0. The van der Waals surface area contributed by atoms with Crippen molar-refractivity contribution < 1.29 is 14.3 Å². The molecule has 0 atom stereocenters. The molecule has 0 N–H and O–H groups in total. The molecule has 6 nitrogen and oxygen atoms in total. The zero-order valence-corrected chi connectivity index (χ0v) is 14.3. The molecule has 0 bridgehead atoms. The lowest BCUT2D eigenvalue weighted by Crippen LogP contribution is -2.34. The van der Waals surface area contributed by atoms with Gasteiger partial charge >= 0.3 is 0 Å². The number of benzene rings is 1. The van der Waals surface area contributed by atoms with Gasteiger partial charge in [-0.1, -0.05) is 26.0 Å². The Morgan fingerprint density at radius 2 is 2.00 bits per heavy atom. The Bertz CT molecular complexity index is 859. The molecule has 25 heavy (non-hydrogen) atoms. The molecule has 0 aliphatic heterocycles. The maximum atomic E-state index is 11.0. The van der Waals surface area contributed by atoms with Gasteiger partial charge in [-0.15, -0.1) is 0 Å². The molecule has 0 unspecified atom stereocenters. The van der Waals surface area contributed by atoms with Gasteiger partial charge in [0.1, 0.15) is 5.82 Å². The number of aromatic nitrogens is 2. The Labute approximate surface area is 146 Å². The third-order valence-electron chi connectivity index (χ3n) is 3.80. The van der Waals surface area contributed by atoms with Crippen LogP contribution in [0.25, 0.3) is 22.5 Å². The number of nitrogens with zero attached hydrogens (tertiary/aromatic N) is 3. The molecule has 0 amide bonds. The van der Waals surface area contributed by atoms with Crippen LogP contribution in [0.1, 0.15) is 20.3 Å². The second-order valence-corrected chi connectivity index (χ2v) is 6.33. The fourth-order valence-corrected chi connectivity index (χ4v) is 2.77. The van der Waals surface area contributed by atoms with Gasteiger partial charge < -0.3 is 19.2 Å². The van der Waals surface area contributed by atoms with Crippen LogP contribution in [0.15, 0.2) is 47.1 Å². The Kier molecular flexibility index (Phi) is 4.97. The second kappa shape index (κ2) is 7.34. The zero-order chi connectivity index (χ0) is 17.8. The maximum absolute atomic E-state index is 11.0. The van der Waals surface area contributed by atoms with Crippen molar-refractivity contribution in [3.8, 4) is 11.6 Å². The van der Waals surface area contributed by atoms with Gasteiger partial charge in [0, 0.05) is 30.9 Å². The first kappa shape index (κ1) is 17.0. The van der Waals surface area contributed by atoms with Gasteiger partial charge in [0.2, 0.25) is 0 Å². The smallest absolute Gasteiger partial charge is 0.198 e. The normalized spacial score (nSPS) is 11.2. The molecular weight excluding hydrogens is 318 g/mol. The summed E-state index contributed by atoms with van der Waals surface area (Å²) in [6.07, 6.45) is 1.52. The number of para-hydroxylation sites is 1. The van der Waals surface area contributed by atoms with Crippen molar-refractivity contribution in [2.24, 2.45) is 5.92 Å². The van der Waals surface area contributed by atoms with E-state index in [0.29, 0.717) is 36.4 Å². The lowest BCUT2D eigenvalue weighted by Gasteiger charge is -2.27. The van der Waals surface area contributed by atoms with E-state index >= 15 is 0 Å². The third kappa shape index (κ3) is 3.96. The number of rotatable bonds is 7. The number of aliphatic carboxylic acids is 1. The minimum Gasteiger partial charge on any atom is -0.550 e. The predicted molar refractivity (Wildman–Crippen MR) is 93.9 cm³/mol. The van der Waals surface area contributed by atoms with Crippen LogP contribution in [0.5, 0.6) is 0 Å². The summed E-state index contributed by atoms with van der Waals surface area (Å²) in [4.78, 5) is 22.2. The average molecular weight is 338 g/mol. The van der Waals surface area contributed by atoms with Crippen molar-refractivity contribution in [1.82, 2.24) is 9.97 Å². The summed E-state index contributed by atoms with van der Waals surface area (Å²) in [5.74, 6) is 1.06. The van der Waals surface area contributed by atoms with Gasteiger partial charge in [-0.25, -0.2) is 9.97 Å². The first-order chi connectivity index (χ1) is 12.0. The molecule has 3 rings (SSSR count). The van der Waals surface area contributed by atoms with E-state index in [1.807, 2.05) is 35.2 Å². The standard InChI is InChI=1S/C19H21N3O3/c1-13(2)12-22(10-9-17(23)24)19-14-6-3-4-7-15(14)20-18(21-19)16-8-5-11-25-16/h3-8,11,13H,9-10,12H2,1-2H3,(H,23,24)/p-1. The van der Waals surface area contributed by atoms with E-state index in [-0.39, 0.29) is 6.42 Å². The summed E-state index contributed by atoms with van der Waals surface area (Å²) < 4.78 is 5.43. The van der Waals surface area contributed by atoms with Gasteiger partial charge in [0.25, 0.3) is 0 Å². The van der Waals surface area contributed by atoms with Crippen LogP contribution in [0.3, 0.4) is 0 Å². The van der Waals surface area contributed by atoms with Gasteiger partial charge in [-0.05, 0) is 30.2 Å². The van der Waals surface area contributed by atoms with Gasteiger partial charge in [-0.2, -0.15) is 0 Å². The molecule has 0 saturated carbocycles. The molecule has 0 fully saturated rings. The van der Waals surface area contributed by atoms with Crippen molar-refractivity contribution in [1.29, 1.82) is 0 Å². The minimum atomic E-state index is -1.07. The van der Waals surface area contributed by atoms with Crippen molar-refractivity contribution >= 4 is 22.7 Å². The predicted octanol–water partition coefficient (Wildman–Crippen LogP) is 2.49. The molecule has 0 aliphatic rings. The monoisotopic (exact) mass is 338 g/mol. The van der Waals surface area contributed by atoms with Crippen LogP contribution in [0.2, 0.25) is 0 Å². The molecule has 6 heteroatoms. The molecular formula is C19H20N3O3-. The highest BCUT2D eigenvalue weighted by Gasteiger charge is 2.17. The van der Waals surface area contributed by atoms with Crippen molar-refractivity contribution in [2.75, 3.05) is 18.0 Å². The summed E-state index contributed by atoms with van der Waals surface area (Å²) in [6.45, 7) is 5.19. The first-order valence-electron chi connectivity index (χ1n) is 8.30. The summed E-state index contributed by atoms with van der Waals surface area (Å²) in [5, 5.41) is 11.8. The Morgan fingerprint density at radius 1 is 1.20 bits per heavy atom. The third-order valence-corrected chi connectivity index (χ3v) is 3.80. The number of furan rings is 1. The number of fused-ring (bicyclic) bond motifs is 1. The van der Waals surface area contributed by atoms with Crippen LogP contribution < -0.4 is 10.0 Å². The average Bonchev–Trinajstić information content (AvgIpc) is 3.12. The topological polar surface area (TPSA) is 82.3 Å². The summed E-state index contributed by atoms with van der Waals surface area (Å²) in [7, 11) is 0. The fourth-order valence-electron chi connectivity index (χ4n) is 2.77. The Balaban J connectivity index is 2.11. The lowest BCUT2D eigenvalue weighted by molar-refractivity contribution is -0.305.